The molecule has 19 heavy (non-hydrogen) atoms. The van der Waals surface area contributed by atoms with Gasteiger partial charge in [0.1, 0.15) is 5.78 Å². The van der Waals surface area contributed by atoms with E-state index in [0.29, 0.717) is 25.2 Å². The van der Waals surface area contributed by atoms with E-state index in [9.17, 15) is 9.59 Å². The van der Waals surface area contributed by atoms with E-state index in [1.165, 1.54) is 0 Å². The van der Waals surface area contributed by atoms with Crippen LogP contribution in [0.15, 0.2) is 29.1 Å². The summed E-state index contributed by atoms with van der Waals surface area (Å²) in [6, 6.07) is 8.08. The highest BCUT2D eigenvalue weighted by molar-refractivity contribution is 5.79. The molecule has 1 heterocycles. The van der Waals surface area contributed by atoms with Gasteiger partial charge >= 0.3 is 5.69 Å². The predicted octanol–water partition coefficient (Wildman–Crippen LogP) is 2.51. The Balaban J connectivity index is 2.15. The number of benzene rings is 1. The first-order chi connectivity index (χ1) is 9.22. The summed E-state index contributed by atoms with van der Waals surface area (Å²) in [6.45, 7) is 2.67. The van der Waals surface area contributed by atoms with Crippen LogP contribution in [0.3, 0.4) is 0 Å². The Labute approximate surface area is 111 Å². The summed E-state index contributed by atoms with van der Waals surface area (Å²) in [5.74, 6) is 0.323. The van der Waals surface area contributed by atoms with E-state index in [-0.39, 0.29) is 11.7 Å². The van der Waals surface area contributed by atoms with E-state index in [2.05, 4.69) is 0 Å². The number of para-hydroxylation sites is 2. The third-order valence-corrected chi connectivity index (χ3v) is 4.06. The molecule has 4 nitrogen and oxygen atoms in total. The molecule has 0 amide bonds. The van der Waals surface area contributed by atoms with Crippen molar-refractivity contribution >= 4 is 16.8 Å². The van der Waals surface area contributed by atoms with Crippen LogP contribution in [0.4, 0.5) is 0 Å². The molecule has 2 aromatic rings. The fourth-order valence-electron chi connectivity index (χ4n) is 3.07. The van der Waals surface area contributed by atoms with Crippen LogP contribution in [0.1, 0.15) is 38.6 Å². The van der Waals surface area contributed by atoms with Crippen LogP contribution < -0.4 is 5.69 Å². The molecule has 3 rings (SSSR count). The molecule has 4 heteroatoms. The van der Waals surface area contributed by atoms with E-state index in [4.69, 9.17) is 0 Å². The fraction of sp³-hybridized carbons (Fsp3) is 0.467. The lowest BCUT2D eigenvalue weighted by Gasteiger charge is -2.22. The van der Waals surface area contributed by atoms with Crippen molar-refractivity contribution in [3.63, 3.8) is 0 Å². The summed E-state index contributed by atoms with van der Waals surface area (Å²) in [4.78, 5) is 23.9. The third-order valence-electron chi connectivity index (χ3n) is 4.06. The summed E-state index contributed by atoms with van der Waals surface area (Å²) in [6.07, 6.45) is 2.78. The molecule has 0 unspecified atom stereocenters. The first kappa shape index (κ1) is 12.2. The van der Waals surface area contributed by atoms with E-state index >= 15 is 0 Å². The van der Waals surface area contributed by atoms with Crippen LogP contribution >= 0.6 is 0 Å². The molecule has 0 bridgehead atoms. The number of aryl methyl sites for hydroxylation is 1. The number of ketones is 1. The number of carbonyl (C=O) groups is 1. The maximum absolute atomic E-state index is 12.5. The summed E-state index contributed by atoms with van der Waals surface area (Å²) in [5, 5.41) is 0. The third kappa shape index (κ3) is 1.91. The molecule has 1 aliphatic carbocycles. The Hall–Kier alpha value is -1.84. The quantitative estimate of drug-likeness (QED) is 0.830. The number of hydrogen-bond donors (Lipinski definition) is 0. The lowest BCUT2D eigenvalue weighted by atomic mass is 9.94. The molecular weight excluding hydrogens is 240 g/mol. The topological polar surface area (TPSA) is 44.0 Å². The molecule has 1 aromatic heterocycles. The first-order valence-electron chi connectivity index (χ1n) is 6.94. The van der Waals surface area contributed by atoms with Gasteiger partial charge in [0.25, 0.3) is 0 Å². The largest absolute Gasteiger partial charge is 0.329 e. The van der Waals surface area contributed by atoms with Crippen LogP contribution in [-0.2, 0) is 11.3 Å². The summed E-state index contributed by atoms with van der Waals surface area (Å²) >= 11 is 0. The van der Waals surface area contributed by atoms with Crippen LogP contribution in [0.5, 0.6) is 0 Å². The number of hydrogen-bond acceptors (Lipinski definition) is 2. The second-order valence-corrected chi connectivity index (χ2v) is 5.16. The molecule has 1 saturated carbocycles. The summed E-state index contributed by atoms with van der Waals surface area (Å²) < 4.78 is 3.71. The molecule has 0 spiro atoms. The highest BCUT2D eigenvalue weighted by atomic mass is 16.2. The smallest absolute Gasteiger partial charge is 0.300 e. The average molecular weight is 258 g/mol. The van der Waals surface area contributed by atoms with E-state index in [0.717, 1.165) is 23.9 Å². The van der Waals surface area contributed by atoms with Gasteiger partial charge in [0, 0.05) is 25.4 Å². The Bertz CT molecular complexity index is 671. The normalized spacial score (nSPS) is 17.2. The highest BCUT2D eigenvalue weighted by Crippen LogP contribution is 2.28. The molecule has 1 fully saturated rings. The Morgan fingerprint density at radius 3 is 2.37 bits per heavy atom. The Morgan fingerprint density at radius 1 is 1.11 bits per heavy atom. The molecular formula is C15H18N2O2. The number of carbonyl (C=O) groups excluding carboxylic acids is 1. The van der Waals surface area contributed by atoms with Crippen LogP contribution in [0.25, 0.3) is 11.0 Å². The van der Waals surface area contributed by atoms with Crippen molar-refractivity contribution in [3.05, 3.63) is 34.7 Å². The maximum atomic E-state index is 12.5. The molecule has 100 valence electrons. The maximum Gasteiger partial charge on any atom is 0.329 e. The van der Waals surface area contributed by atoms with Gasteiger partial charge in [-0.1, -0.05) is 12.1 Å². The van der Waals surface area contributed by atoms with Crippen molar-refractivity contribution < 1.29 is 4.79 Å². The van der Waals surface area contributed by atoms with Gasteiger partial charge in [-0.3, -0.25) is 13.9 Å². The van der Waals surface area contributed by atoms with Crippen molar-refractivity contribution in [2.24, 2.45) is 0 Å². The lowest BCUT2D eigenvalue weighted by Crippen LogP contribution is -2.29. The number of rotatable bonds is 2. The Morgan fingerprint density at radius 2 is 1.74 bits per heavy atom. The van der Waals surface area contributed by atoms with E-state index < -0.39 is 0 Å². The van der Waals surface area contributed by atoms with Gasteiger partial charge in [0.05, 0.1) is 11.0 Å². The van der Waals surface area contributed by atoms with Crippen LogP contribution in [0, 0.1) is 0 Å². The monoisotopic (exact) mass is 258 g/mol. The van der Waals surface area contributed by atoms with E-state index in [1.54, 1.807) is 0 Å². The van der Waals surface area contributed by atoms with Gasteiger partial charge < -0.3 is 0 Å². The number of aromatic nitrogens is 2. The van der Waals surface area contributed by atoms with Gasteiger partial charge in [-0.2, -0.15) is 0 Å². The fourth-order valence-corrected chi connectivity index (χ4v) is 3.07. The summed E-state index contributed by atoms with van der Waals surface area (Å²) in [5.41, 5.74) is 2.05. The van der Waals surface area contributed by atoms with Crippen molar-refractivity contribution in [2.75, 3.05) is 0 Å². The molecule has 1 aliphatic rings. The minimum atomic E-state index is 0.0584. The minimum absolute atomic E-state index is 0.0584. The van der Waals surface area contributed by atoms with Crippen molar-refractivity contribution in [1.82, 2.24) is 9.13 Å². The lowest BCUT2D eigenvalue weighted by molar-refractivity contribution is -0.120. The second-order valence-electron chi connectivity index (χ2n) is 5.16. The standard InChI is InChI=1S/C15H18N2O2/c1-2-16-13-5-3-4-6-14(13)17(15(16)19)11-7-9-12(18)10-8-11/h3-6,11H,2,7-10H2,1H3. The average Bonchev–Trinajstić information content (AvgIpc) is 2.71. The number of Topliss-reactive ketones (excluding diaryl/α,β-unsaturated/α-hetero) is 1. The molecule has 0 radical (unpaired) electrons. The van der Waals surface area contributed by atoms with Crippen molar-refractivity contribution in [3.8, 4) is 0 Å². The van der Waals surface area contributed by atoms with Gasteiger partial charge in [0.15, 0.2) is 0 Å². The summed E-state index contributed by atoms with van der Waals surface area (Å²) in [7, 11) is 0. The minimum Gasteiger partial charge on any atom is -0.300 e. The number of nitrogens with zero attached hydrogens (tertiary/aromatic N) is 2. The predicted molar refractivity (Wildman–Crippen MR) is 74.4 cm³/mol. The van der Waals surface area contributed by atoms with Crippen LogP contribution in [0.2, 0.25) is 0 Å². The van der Waals surface area contributed by atoms with Crippen molar-refractivity contribution in [1.29, 1.82) is 0 Å². The SMILES string of the molecule is CCn1c(=O)n(C2CCC(=O)CC2)c2ccccc21. The zero-order chi connectivity index (χ0) is 13.4. The number of imidazole rings is 1. The van der Waals surface area contributed by atoms with Crippen LogP contribution in [-0.4, -0.2) is 14.9 Å². The molecule has 0 N–H and O–H groups in total. The molecule has 0 atom stereocenters. The first-order valence-corrected chi connectivity index (χ1v) is 6.94. The highest BCUT2D eigenvalue weighted by Gasteiger charge is 2.24. The zero-order valence-corrected chi connectivity index (χ0v) is 11.1. The number of fused-ring (bicyclic) bond motifs is 1. The van der Waals surface area contributed by atoms with Gasteiger partial charge in [-0.25, -0.2) is 4.79 Å². The second kappa shape index (κ2) is 4.68. The Kier molecular flexibility index (Phi) is 3.01. The zero-order valence-electron chi connectivity index (χ0n) is 11.1. The van der Waals surface area contributed by atoms with Gasteiger partial charge in [-0.05, 0) is 31.9 Å². The molecule has 1 aromatic carbocycles. The van der Waals surface area contributed by atoms with Gasteiger partial charge in [0.2, 0.25) is 0 Å². The molecule has 0 saturated heterocycles. The van der Waals surface area contributed by atoms with E-state index in [1.807, 2.05) is 40.3 Å². The molecule has 0 aliphatic heterocycles. The van der Waals surface area contributed by atoms with Gasteiger partial charge in [-0.15, -0.1) is 0 Å². The van der Waals surface area contributed by atoms with Crippen molar-refractivity contribution in [2.45, 2.75) is 45.2 Å².